The van der Waals surface area contributed by atoms with Crippen LogP contribution in [0.5, 0.6) is 0 Å². The Labute approximate surface area is 216 Å². The van der Waals surface area contributed by atoms with Gasteiger partial charge in [0.05, 0.1) is 22.0 Å². The van der Waals surface area contributed by atoms with Crippen LogP contribution in [0.15, 0.2) is 42.5 Å². The van der Waals surface area contributed by atoms with E-state index in [9.17, 15) is 18.0 Å². The van der Waals surface area contributed by atoms with Gasteiger partial charge in [-0.05, 0) is 57.5 Å². The Hall–Kier alpha value is -2.00. The highest BCUT2D eigenvalue weighted by molar-refractivity contribution is 7.92. The van der Waals surface area contributed by atoms with E-state index in [0.717, 1.165) is 10.6 Å². The van der Waals surface area contributed by atoms with Gasteiger partial charge < -0.3 is 10.2 Å². The molecule has 0 spiro atoms. The standard InChI is InChI=1S/C23H28Cl3N3O4S/c1-15(22(31)27-23(2,3)4)28(13-16-8-6-7-9-18(16)24)21(30)14-29(34(5,32)33)17-10-11-19(25)20(26)12-17/h6-12,15H,13-14H2,1-5H3,(H,27,31). The Bertz CT molecular complexity index is 1170. The highest BCUT2D eigenvalue weighted by Gasteiger charge is 2.31. The summed E-state index contributed by atoms with van der Waals surface area (Å²) in [6.45, 7) is 6.53. The van der Waals surface area contributed by atoms with Crippen molar-refractivity contribution in [3.63, 3.8) is 0 Å². The zero-order valence-corrected chi connectivity index (χ0v) is 22.7. The van der Waals surface area contributed by atoms with Crippen LogP contribution in [-0.4, -0.2) is 49.5 Å². The summed E-state index contributed by atoms with van der Waals surface area (Å²) in [4.78, 5) is 27.7. The summed E-state index contributed by atoms with van der Waals surface area (Å²) in [5.74, 6) is -0.971. The van der Waals surface area contributed by atoms with Crippen molar-refractivity contribution in [1.82, 2.24) is 10.2 Å². The minimum absolute atomic E-state index is 0.0101. The minimum atomic E-state index is -3.87. The summed E-state index contributed by atoms with van der Waals surface area (Å²) in [5.41, 5.74) is 0.270. The second-order valence-electron chi connectivity index (χ2n) is 8.90. The van der Waals surface area contributed by atoms with Crippen molar-refractivity contribution in [3.8, 4) is 0 Å². The number of sulfonamides is 1. The SMILES string of the molecule is CC(C(=O)NC(C)(C)C)N(Cc1ccccc1Cl)C(=O)CN(c1ccc(Cl)c(Cl)c1)S(C)(=O)=O. The second-order valence-corrected chi connectivity index (χ2v) is 12.0. The number of nitrogens with zero attached hydrogens (tertiary/aromatic N) is 2. The zero-order valence-electron chi connectivity index (χ0n) is 19.6. The van der Waals surface area contributed by atoms with Gasteiger partial charge in [-0.15, -0.1) is 0 Å². The number of amides is 2. The first-order valence-corrected chi connectivity index (χ1v) is 13.4. The van der Waals surface area contributed by atoms with Crippen molar-refractivity contribution in [2.75, 3.05) is 17.1 Å². The van der Waals surface area contributed by atoms with E-state index in [4.69, 9.17) is 34.8 Å². The maximum atomic E-state index is 13.5. The molecule has 1 N–H and O–H groups in total. The number of anilines is 1. The molecule has 0 aliphatic rings. The highest BCUT2D eigenvalue weighted by atomic mass is 35.5. The van der Waals surface area contributed by atoms with E-state index in [-0.39, 0.29) is 28.2 Å². The van der Waals surface area contributed by atoms with Crippen molar-refractivity contribution in [3.05, 3.63) is 63.1 Å². The molecule has 2 rings (SSSR count). The Balaban J connectivity index is 2.44. The van der Waals surface area contributed by atoms with Crippen molar-refractivity contribution >= 4 is 62.3 Å². The van der Waals surface area contributed by atoms with Crippen LogP contribution in [0.3, 0.4) is 0 Å². The largest absolute Gasteiger partial charge is 0.350 e. The summed E-state index contributed by atoms with van der Waals surface area (Å²) in [6, 6.07) is 10.3. The number of rotatable bonds is 8. The fourth-order valence-corrected chi connectivity index (χ4v) is 4.45. The van der Waals surface area contributed by atoms with Gasteiger partial charge in [0.1, 0.15) is 12.6 Å². The van der Waals surface area contributed by atoms with Crippen LogP contribution in [0.2, 0.25) is 15.1 Å². The van der Waals surface area contributed by atoms with Gasteiger partial charge in [-0.2, -0.15) is 0 Å². The summed E-state index contributed by atoms with van der Waals surface area (Å²) in [7, 11) is -3.87. The maximum Gasteiger partial charge on any atom is 0.244 e. The molecule has 34 heavy (non-hydrogen) atoms. The minimum Gasteiger partial charge on any atom is -0.350 e. The molecule has 11 heteroatoms. The van der Waals surface area contributed by atoms with Gasteiger partial charge in [-0.3, -0.25) is 13.9 Å². The van der Waals surface area contributed by atoms with E-state index in [2.05, 4.69) is 5.32 Å². The highest BCUT2D eigenvalue weighted by Crippen LogP contribution is 2.29. The number of hydrogen-bond donors (Lipinski definition) is 1. The van der Waals surface area contributed by atoms with E-state index in [0.29, 0.717) is 10.6 Å². The molecule has 0 bridgehead atoms. The van der Waals surface area contributed by atoms with E-state index < -0.39 is 34.1 Å². The zero-order chi connectivity index (χ0) is 25.8. The van der Waals surface area contributed by atoms with Crippen molar-refractivity contribution in [1.29, 1.82) is 0 Å². The quantitative estimate of drug-likeness (QED) is 0.516. The third kappa shape index (κ3) is 7.77. The van der Waals surface area contributed by atoms with Crippen molar-refractivity contribution in [2.24, 2.45) is 0 Å². The van der Waals surface area contributed by atoms with Gasteiger partial charge in [-0.1, -0.05) is 53.0 Å². The van der Waals surface area contributed by atoms with E-state index in [1.807, 2.05) is 20.8 Å². The van der Waals surface area contributed by atoms with Crippen LogP contribution in [0.1, 0.15) is 33.3 Å². The molecule has 2 aromatic rings. The Morgan fingerprint density at radius 1 is 1.00 bits per heavy atom. The summed E-state index contributed by atoms with van der Waals surface area (Å²) in [5, 5.41) is 3.67. The summed E-state index contributed by atoms with van der Waals surface area (Å²) in [6.07, 6.45) is 0.983. The Kier molecular flexibility index (Phi) is 9.27. The Morgan fingerprint density at radius 2 is 1.62 bits per heavy atom. The summed E-state index contributed by atoms with van der Waals surface area (Å²) < 4.78 is 26.1. The molecule has 0 saturated carbocycles. The fraction of sp³-hybridized carbons (Fsp3) is 0.391. The average Bonchev–Trinajstić information content (AvgIpc) is 2.70. The molecule has 0 heterocycles. The third-order valence-corrected chi connectivity index (χ3v) is 7.08. The van der Waals surface area contributed by atoms with Gasteiger partial charge in [0.2, 0.25) is 21.8 Å². The summed E-state index contributed by atoms with van der Waals surface area (Å²) >= 11 is 18.3. The molecule has 0 aromatic heterocycles. The predicted octanol–water partition coefficient (Wildman–Crippen LogP) is 4.74. The van der Waals surface area contributed by atoms with Crippen LogP contribution in [0.4, 0.5) is 5.69 Å². The lowest BCUT2D eigenvalue weighted by atomic mass is 10.1. The average molecular weight is 549 g/mol. The topological polar surface area (TPSA) is 86.8 Å². The monoisotopic (exact) mass is 547 g/mol. The number of hydrogen-bond acceptors (Lipinski definition) is 4. The van der Waals surface area contributed by atoms with Gasteiger partial charge in [0.25, 0.3) is 0 Å². The van der Waals surface area contributed by atoms with Crippen molar-refractivity contribution in [2.45, 2.75) is 45.8 Å². The van der Waals surface area contributed by atoms with E-state index in [1.165, 1.54) is 23.1 Å². The molecule has 1 unspecified atom stereocenters. The van der Waals surface area contributed by atoms with Crippen LogP contribution in [-0.2, 0) is 26.2 Å². The first kappa shape index (κ1) is 28.2. The number of carbonyl (C=O) groups is 2. The van der Waals surface area contributed by atoms with Crippen LogP contribution < -0.4 is 9.62 Å². The fourth-order valence-electron chi connectivity index (χ4n) is 3.12. The molecular weight excluding hydrogens is 521 g/mol. The first-order valence-electron chi connectivity index (χ1n) is 10.4. The maximum absolute atomic E-state index is 13.5. The molecule has 2 aromatic carbocycles. The molecule has 0 radical (unpaired) electrons. The molecule has 0 saturated heterocycles. The molecule has 0 aliphatic heterocycles. The van der Waals surface area contributed by atoms with Gasteiger partial charge >= 0.3 is 0 Å². The van der Waals surface area contributed by atoms with E-state index in [1.54, 1.807) is 31.2 Å². The lowest BCUT2D eigenvalue weighted by Crippen LogP contribution is -2.54. The third-order valence-electron chi connectivity index (χ3n) is 4.83. The molecule has 2 amide bonds. The van der Waals surface area contributed by atoms with Crippen LogP contribution >= 0.6 is 34.8 Å². The van der Waals surface area contributed by atoms with Crippen LogP contribution in [0, 0.1) is 0 Å². The normalized spacial score (nSPS) is 12.7. The first-order chi connectivity index (χ1) is 15.6. The molecule has 0 fully saturated rings. The smallest absolute Gasteiger partial charge is 0.244 e. The number of nitrogens with one attached hydrogen (secondary N) is 1. The predicted molar refractivity (Wildman–Crippen MR) is 138 cm³/mol. The lowest BCUT2D eigenvalue weighted by Gasteiger charge is -2.33. The van der Waals surface area contributed by atoms with Gasteiger partial charge in [0, 0.05) is 17.1 Å². The number of carbonyl (C=O) groups excluding carboxylic acids is 2. The van der Waals surface area contributed by atoms with Crippen LogP contribution in [0.25, 0.3) is 0 Å². The molecule has 0 aliphatic carbocycles. The Morgan fingerprint density at radius 3 is 2.15 bits per heavy atom. The molecular formula is C23H28Cl3N3O4S. The second kappa shape index (κ2) is 11.2. The number of halogens is 3. The van der Waals surface area contributed by atoms with Gasteiger partial charge in [-0.25, -0.2) is 8.42 Å². The number of benzene rings is 2. The van der Waals surface area contributed by atoms with Crippen molar-refractivity contribution < 1.29 is 18.0 Å². The lowest BCUT2D eigenvalue weighted by molar-refractivity contribution is -0.140. The van der Waals surface area contributed by atoms with E-state index >= 15 is 0 Å². The molecule has 7 nitrogen and oxygen atoms in total. The molecule has 186 valence electrons. The molecule has 1 atom stereocenters. The van der Waals surface area contributed by atoms with Gasteiger partial charge in [0.15, 0.2) is 0 Å².